The zero-order chi connectivity index (χ0) is 10.8. The van der Waals surface area contributed by atoms with Gasteiger partial charge in [-0.15, -0.1) is 11.8 Å². The lowest BCUT2D eigenvalue weighted by Gasteiger charge is -2.25. The first-order valence-corrected chi connectivity index (χ1v) is 6.05. The van der Waals surface area contributed by atoms with Crippen molar-refractivity contribution in [3.63, 3.8) is 0 Å². The van der Waals surface area contributed by atoms with Crippen molar-refractivity contribution in [3.05, 3.63) is 29.3 Å². The molecule has 3 heteroatoms. The van der Waals surface area contributed by atoms with Crippen LogP contribution in [0.1, 0.15) is 35.2 Å². The second-order valence-electron chi connectivity index (χ2n) is 3.98. The number of hydrogen-bond donors (Lipinski definition) is 1. The zero-order valence-corrected chi connectivity index (χ0v) is 9.51. The molecule has 0 aliphatic heterocycles. The maximum absolute atomic E-state index is 11.0. The monoisotopic (exact) mass is 222 g/mol. The summed E-state index contributed by atoms with van der Waals surface area (Å²) in [6.07, 6.45) is 3.72. The van der Waals surface area contributed by atoms with Crippen LogP contribution in [-0.2, 0) is 0 Å². The predicted octanol–water partition coefficient (Wildman–Crippen LogP) is 3.34. The Balaban J connectivity index is 2.24. The molecular weight excluding hydrogens is 208 g/mol. The van der Waals surface area contributed by atoms with Gasteiger partial charge in [0, 0.05) is 10.1 Å². The van der Waals surface area contributed by atoms with E-state index in [9.17, 15) is 4.79 Å². The molecule has 1 saturated carbocycles. The van der Waals surface area contributed by atoms with Gasteiger partial charge in [0.25, 0.3) is 0 Å². The van der Waals surface area contributed by atoms with E-state index in [0.717, 1.165) is 10.5 Å². The minimum atomic E-state index is -0.822. The highest BCUT2D eigenvalue weighted by atomic mass is 32.2. The predicted molar refractivity (Wildman–Crippen MR) is 61.6 cm³/mol. The molecule has 1 aliphatic rings. The molecule has 15 heavy (non-hydrogen) atoms. The Morgan fingerprint density at radius 1 is 1.47 bits per heavy atom. The Morgan fingerprint density at radius 3 is 2.73 bits per heavy atom. The number of hydrogen-bond acceptors (Lipinski definition) is 2. The summed E-state index contributed by atoms with van der Waals surface area (Å²) >= 11 is 1.72. The molecule has 2 nitrogen and oxygen atoms in total. The highest BCUT2D eigenvalue weighted by Gasteiger charge is 2.21. The highest BCUT2D eigenvalue weighted by molar-refractivity contribution is 8.00. The highest BCUT2D eigenvalue weighted by Crippen LogP contribution is 2.38. The molecular formula is C12H14O2S. The van der Waals surface area contributed by atoms with Crippen molar-refractivity contribution in [2.24, 2.45) is 0 Å². The molecule has 0 atom stereocenters. The topological polar surface area (TPSA) is 37.3 Å². The van der Waals surface area contributed by atoms with Crippen molar-refractivity contribution in [3.8, 4) is 0 Å². The number of carboxylic acid groups (broad SMARTS) is 1. The molecule has 80 valence electrons. The molecule has 0 bridgehead atoms. The first-order valence-electron chi connectivity index (χ1n) is 5.17. The molecule has 0 amide bonds. The van der Waals surface area contributed by atoms with Gasteiger partial charge in [0.2, 0.25) is 0 Å². The molecule has 1 aliphatic carbocycles. The Bertz CT molecular complexity index is 383. The Labute approximate surface area is 93.7 Å². The van der Waals surface area contributed by atoms with Gasteiger partial charge in [-0.3, -0.25) is 0 Å². The summed E-state index contributed by atoms with van der Waals surface area (Å²) in [5, 5.41) is 9.68. The van der Waals surface area contributed by atoms with Crippen LogP contribution >= 0.6 is 11.8 Å². The van der Waals surface area contributed by atoms with Gasteiger partial charge in [-0.1, -0.05) is 12.5 Å². The molecule has 0 heterocycles. The van der Waals surface area contributed by atoms with Crippen molar-refractivity contribution in [2.75, 3.05) is 0 Å². The fourth-order valence-corrected chi connectivity index (χ4v) is 3.04. The average molecular weight is 222 g/mol. The van der Waals surface area contributed by atoms with E-state index in [1.54, 1.807) is 17.8 Å². The van der Waals surface area contributed by atoms with Gasteiger partial charge in [0.15, 0.2) is 0 Å². The molecule has 0 saturated heterocycles. The van der Waals surface area contributed by atoms with E-state index in [0.29, 0.717) is 10.8 Å². The Kier molecular flexibility index (Phi) is 3.00. The summed E-state index contributed by atoms with van der Waals surface area (Å²) < 4.78 is 0. The fraction of sp³-hybridized carbons (Fsp3) is 0.417. The molecule has 0 unspecified atom stereocenters. The average Bonchev–Trinajstić information content (AvgIpc) is 2.11. The van der Waals surface area contributed by atoms with E-state index in [4.69, 9.17) is 5.11 Å². The van der Waals surface area contributed by atoms with Crippen LogP contribution in [0.25, 0.3) is 0 Å². The van der Waals surface area contributed by atoms with Crippen molar-refractivity contribution in [1.29, 1.82) is 0 Å². The largest absolute Gasteiger partial charge is 0.478 e. The molecule has 1 N–H and O–H groups in total. The zero-order valence-electron chi connectivity index (χ0n) is 8.69. The summed E-state index contributed by atoms with van der Waals surface area (Å²) in [4.78, 5) is 11.9. The van der Waals surface area contributed by atoms with Gasteiger partial charge in [-0.05, 0) is 37.5 Å². The van der Waals surface area contributed by atoms with Crippen LogP contribution in [0.3, 0.4) is 0 Å². The summed E-state index contributed by atoms with van der Waals surface area (Å²) in [7, 11) is 0. The standard InChI is InChI=1S/C12H14O2S/c1-8-5-6-10(12(13)14)11(7-8)15-9-3-2-4-9/h5-7,9H,2-4H2,1H3,(H,13,14). The third kappa shape index (κ3) is 2.34. The van der Waals surface area contributed by atoms with Crippen LogP contribution < -0.4 is 0 Å². The quantitative estimate of drug-likeness (QED) is 0.852. The first-order chi connectivity index (χ1) is 7.16. The van der Waals surface area contributed by atoms with Crippen LogP contribution in [-0.4, -0.2) is 16.3 Å². The van der Waals surface area contributed by atoms with Crippen LogP contribution in [0.15, 0.2) is 23.1 Å². The van der Waals surface area contributed by atoms with Crippen molar-refractivity contribution in [1.82, 2.24) is 0 Å². The third-order valence-electron chi connectivity index (χ3n) is 2.71. The molecule has 0 aromatic heterocycles. The number of carboxylic acids is 1. The summed E-state index contributed by atoms with van der Waals surface area (Å²) in [6.45, 7) is 2.00. The lowest BCUT2D eigenvalue weighted by atomic mass is 10.00. The summed E-state index contributed by atoms with van der Waals surface area (Å²) in [6, 6.07) is 5.54. The van der Waals surface area contributed by atoms with Crippen LogP contribution in [0, 0.1) is 6.92 Å². The Morgan fingerprint density at radius 2 is 2.20 bits per heavy atom. The van der Waals surface area contributed by atoms with Gasteiger partial charge >= 0.3 is 5.97 Å². The van der Waals surface area contributed by atoms with E-state index in [1.807, 2.05) is 19.1 Å². The minimum absolute atomic E-state index is 0.442. The second-order valence-corrected chi connectivity index (χ2v) is 5.32. The number of aromatic carboxylic acids is 1. The maximum atomic E-state index is 11.0. The second kappa shape index (κ2) is 4.27. The first kappa shape index (κ1) is 10.6. The van der Waals surface area contributed by atoms with Gasteiger partial charge in [-0.2, -0.15) is 0 Å². The van der Waals surface area contributed by atoms with Gasteiger partial charge < -0.3 is 5.11 Å². The number of benzene rings is 1. The normalized spacial score (nSPS) is 16.1. The third-order valence-corrected chi connectivity index (χ3v) is 4.11. The van der Waals surface area contributed by atoms with Gasteiger partial charge in [0.05, 0.1) is 5.56 Å². The SMILES string of the molecule is Cc1ccc(C(=O)O)c(SC2CCC2)c1. The van der Waals surface area contributed by atoms with Crippen molar-refractivity contribution in [2.45, 2.75) is 36.3 Å². The Hall–Kier alpha value is -0.960. The van der Waals surface area contributed by atoms with Crippen molar-refractivity contribution < 1.29 is 9.90 Å². The van der Waals surface area contributed by atoms with E-state index in [1.165, 1.54) is 19.3 Å². The number of rotatable bonds is 3. The molecule has 0 spiro atoms. The molecule has 1 aromatic rings. The van der Waals surface area contributed by atoms with Crippen LogP contribution in [0.5, 0.6) is 0 Å². The maximum Gasteiger partial charge on any atom is 0.336 e. The fourth-order valence-electron chi connectivity index (χ4n) is 1.57. The smallest absolute Gasteiger partial charge is 0.336 e. The number of thioether (sulfide) groups is 1. The molecule has 1 fully saturated rings. The lowest BCUT2D eigenvalue weighted by Crippen LogP contribution is -2.13. The van der Waals surface area contributed by atoms with Gasteiger partial charge in [0.1, 0.15) is 0 Å². The minimum Gasteiger partial charge on any atom is -0.478 e. The molecule has 0 radical (unpaired) electrons. The molecule has 2 rings (SSSR count). The van der Waals surface area contributed by atoms with E-state index < -0.39 is 5.97 Å². The van der Waals surface area contributed by atoms with Crippen molar-refractivity contribution >= 4 is 17.7 Å². The summed E-state index contributed by atoms with van der Waals surface area (Å²) in [5.41, 5.74) is 1.57. The molecule has 1 aromatic carbocycles. The van der Waals surface area contributed by atoms with Gasteiger partial charge in [-0.25, -0.2) is 4.79 Å². The van der Waals surface area contributed by atoms with E-state index in [-0.39, 0.29) is 0 Å². The van der Waals surface area contributed by atoms with Crippen LogP contribution in [0.4, 0.5) is 0 Å². The number of aryl methyl sites for hydroxylation is 1. The lowest BCUT2D eigenvalue weighted by molar-refractivity contribution is 0.0693. The van der Waals surface area contributed by atoms with E-state index in [2.05, 4.69) is 0 Å². The number of carbonyl (C=O) groups is 1. The van der Waals surface area contributed by atoms with E-state index >= 15 is 0 Å². The summed E-state index contributed by atoms with van der Waals surface area (Å²) in [5.74, 6) is -0.822. The van der Waals surface area contributed by atoms with Crippen LogP contribution in [0.2, 0.25) is 0 Å².